The van der Waals surface area contributed by atoms with Crippen LogP contribution < -0.4 is 11.1 Å². The van der Waals surface area contributed by atoms with Crippen molar-refractivity contribution in [2.45, 2.75) is 0 Å². The van der Waals surface area contributed by atoms with E-state index in [-0.39, 0.29) is 11.1 Å². The molecule has 1 aromatic heterocycles. The van der Waals surface area contributed by atoms with E-state index in [1.807, 2.05) is 54.6 Å². The predicted molar refractivity (Wildman–Crippen MR) is 106 cm³/mol. The van der Waals surface area contributed by atoms with Crippen molar-refractivity contribution < 1.29 is 0 Å². The molecule has 1 heterocycles. The molecule has 0 aliphatic rings. The van der Waals surface area contributed by atoms with Crippen LogP contribution in [0.2, 0.25) is 0 Å². The highest BCUT2D eigenvalue weighted by atomic mass is 16.1. The number of hydrogen-bond acceptors (Lipinski definition) is 2. The molecule has 0 fully saturated rings. The first-order valence-corrected chi connectivity index (χ1v) is 8.51. The first kappa shape index (κ1) is 14.9. The molecule has 0 bridgehead atoms. The third-order valence-electron chi connectivity index (χ3n) is 5.33. The van der Waals surface area contributed by atoms with E-state index in [9.17, 15) is 9.59 Å². The Morgan fingerprint density at radius 3 is 1.96 bits per heavy atom. The van der Waals surface area contributed by atoms with Crippen LogP contribution in [0.1, 0.15) is 0 Å². The van der Waals surface area contributed by atoms with Gasteiger partial charge in [-0.05, 0) is 40.8 Å². The number of nitrogens with zero attached hydrogens (tertiary/aromatic N) is 2. The maximum Gasteiger partial charge on any atom is 0.328 e. The zero-order valence-electron chi connectivity index (χ0n) is 14.5. The highest BCUT2D eigenvalue weighted by Crippen LogP contribution is 2.36. The lowest BCUT2D eigenvalue weighted by molar-refractivity contribution is 0.756. The van der Waals surface area contributed by atoms with E-state index in [4.69, 9.17) is 0 Å². The van der Waals surface area contributed by atoms with Gasteiger partial charge in [0.05, 0.1) is 11.0 Å². The molecular formula is C22H16N2O2. The fourth-order valence-electron chi connectivity index (χ4n) is 4.02. The smallest absolute Gasteiger partial charge is 0.296 e. The minimum absolute atomic E-state index is 0.00209. The van der Waals surface area contributed by atoms with Gasteiger partial charge in [0.2, 0.25) is 0 Å². The van der Waals surface area contributed by atoms with E-state index in [2.05, 4.69) is 0 Å². The number of hydrogen-bond donors (Lipinski definition) is 0. The van der Waals surface area contributed by atoms with Crippen molar-refractivity contribution in [3.63, 3.8) is 0 Å². The molecule has 5 rings (SSSR count). The van der Waals surface area contributed by atoms with Gasteiger partial charge < -0.3 is 0 Å². The van der Waals surface area contributed by atoms with Crippen molar-refractivity contribution in [3.8, 4) is 11.1 Å². The fourth-order valence-corrected chi connectivity index (χ4v) is 4.02. The fraction of sp³-hybridized carbons (Fsp3) is 0.0909. The van der Waals surface area contributed by atoms with Gasteiger partial charge in [0.1, 0.15) is 0 Å². The van der Waals surface area contributed by atoms with Crippen LogP contribution in [0.4, 0.5) is 0 Å². The minimum Gasteiger partial charge on any atom is -0.296 e. The third-order valence-corrected chi connectivity index (χ3v) is 5.33. The molecule has 0 saturated carbocycles. The molecule has 0 atom stereocenters. The van der Waals surface area contributed by atoms with Crippen LogP contribution in [-0.4, -0.2) is 9.13 Å². The lowest BCUT2D eigenvalue weighted by Crippen LogP contribution is -2.27. The Balaban J connectivity index is 2.11. The summed E-state index contributed by atoms with van der Waals surface area (Å²) in [6.45, 7) is 0. The highest BCUT2D eigenvalue weighted by molar-refractivity contribution is 6.24. The second-order valence-electron chi connectivity index (χ2n) is 6.70. The van der Waals surface area contributed by atoms with Gasteiger partial charge in [-0.25, -0.2) is 4.79 Å². The summed E-state index contributed by atoms with van der Waals surface area (Å²) < 4.78 is 3.28. The van der Waals surface area contributed by atoms with E-state index < -0.39 is 0 Å². The van der Waals surface area contributed by atoms with Crippen LogP contribution in [0.15, 0.2) is 70.3 Å². The summed E-state index contributed by atoms with van der Waals surface area (Å²) >= 11 is 0. The standard InChI is InChI=1S/C22H16N2O2/c1-23-17-10-8-14-16(13-6-4-3-5-7-13)12-19(25)15-9-11-18(21(17)20(14)15)24(2)22(23)26/h3-12H,1-2H3. The second kappa shape index (κ2) is 5.05. The Morgan fingerprint density at radius 1 is 0.692 bits per heavy atom. The quantitative estimate of drug-likeness (QED) is 0.437. The highest BCUT2D eigenvalue weighted by Gasteiger charge is 2.17. The van der Waals surface area contributed by atoms with Crippen LogP contribution in [-0.2, 0) is 14.1 Å². The average molecular weight is 340 g/mol. The Morgan fingerprint density at radius 2 is 1.31 bits per heavy atom. The zero-order valence-corrected chi connectivity index (χ0v) is 14.5. The molecule has 4 heteroatoms. The summed E-state index contributed by atoms with van der Waals surface area (Å²) in [5.74, 6) is 0. The Hall–Kier alpha value is -3.40. The van der Waals surface area contributed by atoms with Crippen molar-refractivity contribution in [1.82, 2.24) is 9.13 Å². The van der Waals surface area contributed by atoms with Gasteiger partial charge in [0, 0.05) is 30.3 Å². The molecule has 4 aromatic carbocycles. The molecule has 0 spiro atoms. The molecule has 0 saturated heterocycles. The van der Waals surface area contributed by atoms with Crippen molar-refractivity contribution in [1.29, 1.82) is 0 Å². The molecule has 0 N–H and O–H groups in total. The first-order chi connectivity index (χ1) is 12.6. The van der Waals surface area contributed by atoms with Crippen LogP contribution in [0.25, 0.3) is 43.7 Å². The molecular weight excluding hydrogens is 324 g/mol. The van der Waals surface area contributed by atoms with Gasteiger partial charge in [-0.15, -0.1) is 0 Å². The van der Waals surface area contributed by atoms with Gasteiger partial charge in [-0.1, -0.05) is 36.4 Å². The molecule has 0 aliphatic heterocycles. The average Bonchev–Trinajstić information content (AvgIpc) is 2.68. The summed E-state index contributed by atoms with van der Waals surface area (Å²) in [6.07, 6.45) is 0. The normalized spacial score (nSPS) is 11.8. The first-order valence-electron chi connectivity index (χ1n) is 8.51. The topological polar surface area (TPSA) is 44.0 Å². The summed E-state index contributed by atoms with van der Waals surface area (Å²) in [6, 6.07) is 19.4. The predicted octanol–water partition coefficient (Wildman–Crippen LogP) is 3.65. The summed E-state index contributed by atoms with van der Waals surface area (Å²) in [5, 5.41) is 3.61. The number of rotatable bonds is 1. The lowest BCUT2D eigenvalue weighted by atomic mass is 9.92. The van der Waals surface area contributed by atoms with E-state index in [0.29, 0.717) is 5.39 Å². The largest absolute Gasteiger partial charge is 0.328 e. The molecule has 26 heavy (non-hydrogen) atoms. The van der Waals surface area contributed by atoms with Gasteiger partial charge in [0.25, 0.3) is 0 Å². The molecule has 0 aliphatic carbocycles. The third kappa shape index (κ3) is 1.78. The number of aryl methyl sites for hydroxylation is 2. The van der Waals surface area contributed by atoms with E-state index in [0.717, 1.165) is 38.3 Å². The summed E-state index contributed by atoms with van der Waals surface area (Å²) in [4.78, 5) is 25.3. The molecule has 126 valence electrons. The Bertz CT molecular complexity index is 1400. The summed E-state index contributed by atoms with van der Waals surface area (Å²) in [7, 11) is 3.54. The van der Waals surface area contributed by atoms with E-state index >= 15 is 0 Å². The van der Waals surface area contributed by atoms with Crippen LogP contribution in [0, 0.1) is 0 Å². The van der Waals surface area contributed by atoms with E-state index in [1.165, 1.54) is 0 Å². The monoisotopic (exact) mass is 340 g/mol. The molecule has 4 nitrogen and oxygen atoms in total. The van der Waals surface area contributed by atoms with Gasteiger partial charge >= 0.3 is 5.69 Å². The van der Waals surface area contributed by atoms with Crippen molar-refractivity contribution in [2.75, 3.05) is 0 Å². The minimum atomic E-state index is -0.0819. The molecule has 0 amide bonds. The maximum absolute atomic E-state index is 12.8. The van der Waals surface area contributed by atoms with Crippen molar-refractivity contribution >= 4 is 32.6 Å². The second-order valence-corrected chi connectivity index (χ2v) is 6.70. The number of benzene rings is 4. The molecule has 0 unspecified atom stereocenters. The SMILES string of the molecule is Cn1c(=O)n(C)c2ccc3c(=O)cc(-c4ccccc4)c4ccc1c2c43. The number of aromatic nitrogens is 2. The van der Waals surface area contributed by atoms with Crippen LogP contribution in [0.5, 0.6) is 0 Å². The zero-order chi connectivity index (χ0) is 18.0. The molecule has 0 radical (unpaired) electrons. The van der Waals surface area contributed by atoms with Crippen molar-refractivity contribution in [3.05, 3.63) is 81.4 Å². The summed E-state index contributed by atoms with van der Waals surface area (Å²) in [5.41, 5.74) is 3.54. The lowest BCUT2D eigenvalue weighted by Gasteiger charge is -2.17. The molecule has 5 aromatic rings. The van der Waals surface area contributed by atoms with Crippen molar-refractivity contribution in [2.24, 2.45) is 14.1 Å². The Labute approximate surface area is 148 Å². The Kier molecular flexibility index (Phi) is 2.89. The maximum atomic E-state index is 12.8. The van der Waals surface area contributed by atoms with Crippen LogP contribution >= 0.6 is 0 Å². The van der Waals surface area contributed by atoms with Gasteiger partial charge in [0.15, 0.2) is 5.43 Å². The van der Waals surface area contributed by atoms with Gasteiger partial charge in [-0.2, -0.15) is 0 Å². The van der Waals surface area contributed by atoms with Gasteiger partial charge in [-0.3, -0.25) is 13.9 Å². The van der Waals surface area contributed by atoms with Crippen LogP contribution in [0.3, 0.4) is 0 Å². The van der Waals surface area contributed by atoms with E-state index in [1.54, 1.807) is 29.3 Å².